The quantitative estimate of drug-likeness (QED) is 0.766. The zero-order valence-corrected chi connectivity index (χ0v) is 12.3. The van der Waals surface area contributed by atoms with E-state index < -0.39 is 0 Å². The molecule has 0 bridgehead atoms. The van der Waals surface area contributed by atoms with Crippen molar-refractivity contribution in [2.24, 2.45) is 17.6 Å². The van der Waals surface area contributed by atoms with Crippen LogP contribution in [0.3, 0.4) is 0 Å². The van der Waals surface area contributed by atoms with Crippen molar-refractivity contribution < 1.29 is 9.90 Å². The number of piperidine rings is 1. The van der Waals surface area contributed by atoms with Gasteiger partial charge in [-0.1, -0.05) is 6.42 Å². The number of rotatable bonds is 3. The summed E-state index contributed by atoms with van der Waals surface area (Å²) in [5.41, 5.74) is 6.33. The number of hydrogen-bond donors (Lipinski definition) is 2. The van der Waals surface area contributed by atoms with Crippen LogP contribution >= 0.6 is 0 Å². The van der Waals surface area contributed by atoms with Crippen molar-refractivity contribution in [1.82, 2.24) is 9.80 Å². The minimum absolute atomic E-state index is 0.0977. The smallest absolute Gasteiger partial charge is 0.236 e. The number of nitrogens with zero attached hydrogens (tertiary/aromatic N) is 2. The van der Waals surface area contributed by atoms with Gasteiger partial charge in [0.1, 0.15) is 0 Å². The van der Waals surface area contributed by atoms with E-state index in [1.807, 2.05) is 4.90 Å². The third-order valence-corrected chi connectivity index (χ3v) is 5.61. The van der Waals surface area contributed by atoms with Gasteiger partial charge in [0.2, 0.25) is 5.91 Å². The van der Waals surface area contributed by atoms with Gasteiger partial charge < -0.3 is 15.7 Å². The number of carbonyl (C=O) groups excluding carboxylic acids is 1. The Morgan fingerprint density at radius 2 is 2.05 bits per heavy atom. The van der Waals surface area contributed by atoms with Crippen LogP contribution in [0.2, 0.25) is 0 Å². The number of carbonyl (C=O) groups is 1. The topological polar surface area (TPSA) is 69.8 Å². The first-order chi connectivity index (χ1) is 9.60. The zero-order valence-electron chi connectivity index (χ0n) is 12.3. The van der Waals surface area contributed by atoms with Crippen molar-refractivity contribution in [2.45, 2.75) is 37.6 Å². The summed E-state index contributed by atoms with van der Waals surface area (Å²) in [5, 5.41) is 9.14. The average Bonchev–Trinajstić information content (AvgIpc) is 2.94. The number of likely N-dealkylation sites (tertiary alicyclic amines) is 2. The van der Waals surface area contributed by atoms with Gasteiger partial charge >= 0.3 is 0 Å². The lowest BCUT2D eigenvalue weighted by atomic mass is 9.92. The Hall–Kier alpha value is -0.650. The molecule has 20 heavy (non-hydrogen) atoms. The molecule has 0 aromatic carbocycles. The highest BCUT2D eigenvalue weighted by Gasteiger charge is 2.47. The van der Waals surface area contributed by atoms with Gasteiger partial charge in [0, 0.05) is 25.2 Å². The van der Waals surface area contributed by atoms with E-state index in [0.717, 1.165) is 45.4 Å². The summed E-state index contributed by atoms with van der Waals surface area (Å²) >= 11 is 0. The van der Waals surface area contributed by atoms with Gasteiger partial charge in [0.15, 0.2) is 0 Å². The van der Waals surface area contributed by atoms with E-state index in [1.165, 1.54) is 12.8 Å². The molecule has 0 aromatic rings. The molecule has 3 aliphatic rings. The van der Waals surface area contributed by atoms with Gasteiger partial charge in [0.05, 0.1) is 6.54 Å². The van der Waals surface area contributed by atoms with Crippen LogP contribution in [0.4, 0.5) is 0 Å². The van der Waals surface area contributed by atoms with Crippen molar-refractivity contribution in [1.29, 1.82) is 0 Å². The van der Waals surface area contributed by atoms with Gasteiger partial charge in [-0.2, -0.15) is 0 Å². The molecule has 2 saturated heterocycles. The van der Waals surface area contributed by atoms with E-state index in [9.17, 15) is 4.79 Å². The van der Waals surface area contributed by atoms with Gasteiger partial charge in [-0.25, -0.2) is 0 Å². The first-order valence-corrected chi connectivity index (χ1v) is 8.00. The highest BCUT2D eigenvalue weighted by molar-refractivity contribution is 5.78. The lowest BCUT2D eigenvalue weighted by Crippen LogP contribution is -2.47. The Morgan fingerprint density at radius 1 is 1.30 bits per heavy atom. The SMILES string of the molecule is NC12CCCC1CN(C(=O)CN1CCC(CO)CC1)C2. The molecule has 0 spiro atoms. The van der Waals surface area contributed by atoms with Crippen molar-refractivity contribution in [3.05, 3.63) is 0 Å². The van der Waals surface area contributed by atoms with Gasteiger partial charge in [-0.05, 0) is 50.6 Å². The molecule has 2 unspecified atom stereocenters. The fourth-order valence-corrected chi connectivity index (χ4v) is 4.14. The second kappa shape index (κ2) is 5.62. The number of amides is 1. The molecule has 3 rings (SSSR count). The first kappa shape index (κ1) is 14.3. The predicted molar refractivity (Wildman–Crippen MR) is 77.1 cm³/mol. The Balaban J connectivity index is 1.49. The predicted octanol–water partition coefficient (Wildman–Crippen LogP) is 0.0305. The largest absolute Gasteiger partial charge is 0.396 e. The lowest BCUT2D eigenvalue weighted by Gasteiger charge is -2.32. The molecule has 2 aliphatic heterocycles. The highest BCUT2D eigenvalue weighted by atomic mass is 16.3. The van der Waals surface area contributed by atoms with Crippen molar-refractivity contribution in [3.63, 3.8) is 0 Å². The molecule has 1 amide bonds. The minimum atomic E-state index is -0.0977. The first-order valence-electron chi connectivity index (χ1n) is 8.00. The van der Waals surface area contributed by atoms with E-state index in [2.05, 4.69) is 4.90 Å². The second-order valence-corrected chi connectivity index (χ2v) is 7.00. The van der Waals surface area contributed by atoms with Crippen LogP contribution in [0.5, 0.6) is 0 Å². The molecule has 1 saturated carbocycles. The summed E-state index contributed by atoms with van der Waals surface area (Å²) in [6.45, 7) is 4.29. The molecule has 114 valence electrons. The Morgan fingerprint density at radius 3 is 2.70 bits per heavy atom. The van der Waals surface area contributed by atoms with Crippen LogP contribution in [0.15, 0.2) is 0 Å². The van der Waals surface area contributed by atoms with Crippen molar-refractivity contribution >= 4 is 5.91 Å². The Kier molecular flexibility index (Phi) is 4.02. The van der Waals surface area contributed by atoms with E-state index in [4.69, 9.17) is 10.8 Å². The molecule has 1 aliphatic carbocycles. The summed E-state index contributed by atoms with van der Waals surface area (Å²) in [6, 6.07) is 0. The minimum Gasteiger partial charge on any atom is -0.396 e. The Labute approximate surface area is 121 Å². The summed E-state index contributed by atoms with van der Waals surface area (Å²) < 4.78 is 0. The monoisotopic (exact) mass is 281 g/mol. The van der Waals surface area contributed by atoms with E-state index in [0.29, 0.717) is 18.4 Å². The number of hydrogen-bond acceptors (Lipinski definition) is 4. The fourth-order valence-electron chi connectivity index (χ4n) is 4.14. The third kappa shape index (κ3) is 2.71. The maximum atomic E-state index is 12.4. The zero-order chi connectivity index (χ0) is 14.2. The summed E-state index contributed by atoms with van der Waals surface area (Å²) in [7, 11) is 0. The number of nitrogens with two attached hydrogens (primary N) is 1. The van der Waals surface area contributed by atoms with Crippen LogP contribution in [-0.2, 0) is 4.79 Å². The van der Waals surface area contributed by atoms with Crippen LogP contribution in [-0.4, -0.2) is 65.7 Å². The molecule has 5 nitrogen and oxygen atoms in total. The summed E-state index contributed by atoms with van der Waals surface area (Å²) in [4.78, 5) is 16.6. The van der Waals surface area contributed by atoms with Gasteiger partial charge in [0.25, 0.3) is 0 Å². The maximum absolute atomic E-state index is 12.4. The van der Waals surface area contributed by atoms with Crippen LogP contribution in [0.1, 0.15) is 32.1 Å². The molecule has 0 radical (unpaired) electrons. The molecule has 3 fully saturated rings. The Bertz CT molecular complexity index is 368. The van der Waals surface area contributed by atoms with Crippen molar-refractivity contribution in [3.8, 4) is 0 Å². The van der Waals surface area contributed by atoms with E-state index in [1.54, 1.807) is 0 Å². The van der Waals surface area contributed by atoms with Crippen LogP contribution in [0, 0.1) is 11.8 Å². The molecule has 3 N–H and O–H groups in total. The van der Waals surface area contributed by atoms with Gasteiger partial charge in [-0.3, -0.25) is 9.69 Å². The number of aliphatic hydroxyl groups excluding tert-OH is 1. The summed E-state index contributed by atoms with van der Waals surface area (Å²) in [5.74, 6) is 1.19. The van der Waals surface area contributed by atoms with Crippen LogP contribution < -0.4 is 5.73 Å². The summed E-state index contributed by atoms with van der Waals surface area (Å²) in [6.07, 6.45) is 5.49. The number of fused-ring (bicyclic) bond motifs is 1. The third-order valence-electron chi connectivity index (χ3n) is 5.61. The van der Waals surface area contributed by atoms with Crippen molar-refractivity contribution in [2.75, 3.05) is 39.3 Å². The molecular weight excluding hydrogens is 254 g/mol. The highest BCUT2D eigenvalue weighted by Crippen LogP contribution is 2.39. The fraction of sp³-hybridized carbons (Fsp3) is 0.933. The maximum Gasteiger partial charge on any atom is 0.236 e. The molecule has 2 heterocycles. The normalized spacial score (nSPS) is 35.5. The standard InChI is InChI=1S/C15H27N3O2/c16-15-5-1-2-13(15)8-18(11-15)14(20)9-17-6-3-12(10-19)4-7-17/h12-13,19H,1-11,16H2. The number of aliphatic hydroxyl groups is 1. The van der Waals surface area contributed by atoms with E-state index in [-0.39, 0.29) is 18.1 Å². The molecule has 2 atom stereocenters. The molecule has 0 aromatic heterocycles. The molecule has 5 heteroatoms. The van der Waals surface area contributed by atoms with E-state index >= 15 is 0 Å². The average molecular weight is 281 g/mol. The van der Waals surface area contributed by atoms with Crippen LogP contribution in [0.25, 0.3) is 0 Å². The lowest BCUT2D eigenvalue weighted by molar-refractivity contribution is -0.132. The second-order valence-electron chi connectivity index (χ2n) is 7.00. The molecular formula is C15H27N3O2. The van der Waals surface area contributed by atoms with Gasteiger partial charge in [-0.15, -0.1) is 0 Å².